The first-order valence-corrected chi connectivity index (χ1v) is 12.8. The van der Waals surface area contributed by atoms with Crippen LogP contribution in [0.15, 0.2) is 69.6 Å². The number of hydrogen-bond donors (Lipinski definition) is 0. The Hall–Kier alpha value is -3.98. The van der Waals surface area contributed by atoms with Gasteiger partial charge in [-0.2, -0.15) is 0 Å². The fraction of sp³-hybridized carbons (Fsp3) is 0.286. The third kappa shape index (κ3) is 5.41. The normalized spacial score (nSPS) is 15.3. The summed E-state index contributed by atoms with van der Waals surface area (Å²) in [6.07, 6.45) is 1.55. The molecule has 37 heavy (non-hydrogen) atoms. The van der Waals surface area contributed by atoms with Crippen molar-refractivity contribution in [2.24, 2.45) is 4.99 Å². The topological polar surface area (TPSA) is 96.2 Å². The zero-order valence-corrected chi connectivity index (χ0v) is 22.1. The minimum atomic E-state index is -0.795. The third-order valence-corrected chi connectivity index (χ3v) is 6.54. The monoisotopic (exact) mass is 520 g/mol. The highest BCUT2D eigenvalue weighted by Gasteiger charge is 2.35. The fourth-order valence-corrected chi connectivity index (χ4v) is 5.18. The minimum Gasteiger partial charge on any atom is -0.491 e. The average Bonchev–Trinajstić information content (AvgIpc) is 3.13. The van der Waals surface area contributed by atoms with Crippen LogP contribution in [0.5, 0.6) is 11.5 Å². The van der Waals surface area contributed by atoms with Gasteiger partial charge in [0.1, 0.15) is 17.5 Å². The number of esters is 2. The van der Waals surface area contributed by atoms with Crippen LogP contribution in [0, 0.1) is 0 Å². The maximum Gasteiger partial charge on any atom is 0.338 e. The molecule has 9 heteroatoms. The maximum atomic E-state index is 13.9. The number of nitrogens with zero attached hydrogens (tertiary/aromatic N) is 2. The van der Waals surface area contributed by atoms with Crippen molar-refractivity contribution in [3.8, 4) is 11.5 Å². The molecule has 1 aromatic heterocycles. The predicted octanol–water partition coefficient (Wildman–Crippen LogP) is 3.51. The fourth-order valence-electron chi connectivity index (χ4n) is 4.14. The maximum absolute atomic E-state index is 13.9. The third-order valence-electron chi connectivity index (χ3n) is 5.55. The van der Waals surface area contributed by atoms with Crippen molar-refractivity contribution in [1.82, 2.24) is 4.57 Å². The quantitative estimate of drug-likeness (QED) is 0.350. The number of allylic oxidation sites excluding steroid dienone is 1. The number of carbonyl (C=O) groups excluding carboxylic acids is 2. The van der Waals surface area contributed by atoms with Crippen molar-refractivity contribution in [3.05, 3.63) is 90.6 Å². The number of hydrogen-bond acceptors (Lipinski definition) is 8. The molecule has 0 amide bonds. The first-order chi connectivity index (χ1) is 17.7. The molecular formula is C28H28N2O6S. The Morgan fingerprint density at radius 1 is 1.11 bits per heavy atom. The summed E-state index contributed by atoms with van der Waals surface area (Å²) in [4.78, 5) is 43.6. The van der Waals surface area contributed by atoms with E-state index in [1.54, 1.807) is 44.2 Å². The molecule has 3 aromatic rings. The number of carbonyl (C=O) groups is 2. The molecule has 0 bridgehead atoms. The molecule has 192 valence electrons. The molecule has 2 heterocycles. The van der Waals surface area contributed by atoms with E-state index in [1.807, 2.05) is 38.1 Å². The van der Waals surface area contributed by atoms with Crippen LogP contribution in [0.1, 0.15) is 51.8 Å². The van der Waals surface area contributed by atoms with Gasteiger partial charge in [-0.1, -0.05) is 47.7 Å². The van der Waals surface area contributed by atoms with Gasteiger partial charge in [-0.05, 0) is 45.9 Å². The van der Waals surface area contributed by atoms with Gasteiger partial charge in [-0.15, -0.1) is 0 Å². The Morgan fingerprint density at radius 3 is 2.46 bits per heavy atom. The molecule has 0 aliphatic carbocycles. The lowest BCUT2D eigenvalue weighted by molar-refractivity contribution is -0.139. The summed E-state index contributed by atoms with van der Waals surface area (Å²) in [6.45, 7) is 8.80. The predicted molar refractivity (Wildman–Crippen MR) is 140 cm³/mol. The van der Waals surface area contributed by atoms with Crippen LogP contribution in [0.4, 0.5) is 0 Å². The van der Waals surface area contributed by atoms with Crippen LogP contribution in [-0.4, -0.2) is 29.2 Å². The number of aromatic nitrogens is 1. The van der Waals surface area contributed by atoms with E-state index in [-0.39, 0.29) is 23.8 Å². The molecule has 1 unspecified atom stereocenters. The SMILES string of the molecule is CCOC(=O)C1=C(C)N=c2s/c(=C\c3ccccc3OC(C)=O)c(=O)n2C1c1ccccc1OC(C)C. The second-order valence-corrected chi connectivity index (χ2v) is 9.65. The summed E-state index contributed by atoms with van der Waals surface area (Å²) in [5.41, 5.74) is 1.64. The van der Waals surface area contributed by atoms with Crippen molar-refractivity contribution >= 4 is 29.4 Å². The van der Waals surface area contributed by atoms with Gasteiger partial charge < -0.3 is 14.2 Å². The van der Waals surface area contributed by atoms with Gasteiger partial charge in [0.2, 0.25) is 0 Å². The Kier molecular flexibility index (Phi) is 7.73. The molecule has 1 atom stereocenters. The summed E-state index contributed by atoms with van der Waals surface area (Å²) >= 11 is 1.19. The van der Waals surface area contributed by atoms with E-state index in [9.17, 15) is 14.4 Å². The highest BCUT2D eigenvalue weighted by atomic mass is 32.1. The first-order valence-electron chi connectivity index (χ1n) is 11.9. The van der Waals surface area contributed by atoms with E-state index in [4.69, 9.17) is 14.2 Å². The molecule has 0 saturated carbocycles. The summed E-state index contributed by atoms with van der Waals surface area (Å²) in [5, 5.41) is 0. The van der Waals surface area contributed by atoms with Crippen LogP contribution < -0.4 is 24.4 Å². The Morgan fingerprint density at radius 2 is 1.78 bits per heavy atom. The average molecular weight is 521 g/mol. The van der Waals surface area contributed by atoms with Crippen LogP contribution in [0.25, 0.3) is 6.08 Å². The number of ether oxygens (including phenoxy) is 3. The number of thiazole rings is 1. The number of benzene rings is 2. The van der Waals surface area contributed by atoms with E-state index < -0.39 is 18.0 Å². The molecule has 0 fully saturated rings. The van der Waals surface area contributed by atoms with E-state index in [2.05, 4.69) is 4.99 Å². The standard InChI is InChI=1S/C28H28N2O6S/c1-6-34-27(33)24-17(4)29-28-30(25(24)20-12-8-10-14-22(20)35-16(2)3)26(32)23(37-28)15-19-11-7-9-13-21(19)36-18(5)31/h7-16,25H,6H2,1-5H3/b23-15-. The zero-order chi connectivity index (χ0) is 26.7. The number of fused-ring (bicyclic) bond motifs is 1. The van der Waals surface area contributed by atoms with E-state index in [0.29, 0.717) is 37.7 Å². The first kappa shape index (κ1) is 26.1. The van der Waals surface area contributed by atoms with E-state index >= 15 is 0 Å². The molecule has 0 radical (unpaired) electrons. The van der Waals surface area contributed by atoms with E-state index in [1.165, 1.54) is 22.8 Å². The minimum absolute atomic E-state index is 0.120. The van der Waals surface area contributed by atoms with E-state index in [0.717, 1.165) is 0 Å². The number of para-hydroxylation sites is 2. The van der Waals surface area contributed by atoms with Crippen LogP contribution >= 0.6 is 11.3 Å². The van der Waals surface area contributed by atoms with Crippen molar-refractivity contribution in [2.75, 3.05) is 6.61 Å². The Balaban J connectivity index is 1.98. The second-order valence-electron chi connectivity index (χ2n) is 8.64. The van der Waals surface area contributed by atoms with Crippen molar-refractivity contribution < 1.29 is 23.8 Å². The molecule has 0 N–H and O–H groups in total. The van der Waals surface area contributed by atoms with Gasteiger partial charge in [0.05, 0.1) is 28.5 Å². The highest BCUT2D eigenvalue weighted by Crippen LogP contribution is 2.36. The molecular weight excluding hydrogens is 492 g/mol. The van der Waals surface area contributed by atoms with Gasteiger partial charge in [-0.3, -0.25) is 14.2 Å². The van der Waals surface area contributed by atoms with Crippen LogP contribution in [0.2, 0.25) is 0 Å². The van der Waals surface area contributed by atoms with Gasteiger partial charge in [0.15, 0.2) is 4.80 Å². The Labute approximate surface area is 218 Å². The second kappa shape index (κ2) is 11.0. The molecule has 2 aromatic carbocycles. The molecule has 1 aliphatic heterocycles. The van der Waals surface area contributed by atoms with Gasteiger partial charge in [0.25, 0.3) is 5.56 Å². The van der Waals surface area contributed by atoms with Crippen LogP contribution in [-0.2, 0) is 14.3 Å². The van der Waals surface area contributed by atoms with Crippen LogP contribution in [0.3, 0.4) is 0 Å². The highest BCUT2D eigenvalue weighted by molar-refractivity contribution is 7.07. The summed E-state index contributed by atoms with van der Waals surface area (Å²) in [7, 11) is 0. The van der Waals surface area contributed by atoms with Gasteiger partial charge in [0, 0.05) is 18.1 Å². The number of rotatable bonds is 7. The zero-order valence-electron chi connectivity index (χ0n) is 21.3. The Bertz CT molecular complexity index is 1560. The van der Waals surface area contributed by atoms with Crippen molar-refractivity contribution in [2.45, 2.75) is 46.8 Å². The van der Waals surface area contributed by atoms with Gasteiger partial charge >= 0.3 is 11.9 Å². The molecule has 4 rings (SSSR count). The smallest absolute Gasteiger partial charge is 0.338 e. The molecule has 0 saturated heterocycles. The molecule has 1 aliphatic rings. The lowest BCUT2D eigenvalue weighted by Crippen LogP contribution is -2.40. The molecule has 0 spiro atoms. The van der Waals surface area contributed by atoms with Crippen molar-refractivity contribution in [3.63, 3.8) is 0 Å². The lowest BCUT2D eigenvalue weighted by Gasteiger charge is -2.26. The van der Waals surface area contributed by atoms with Gasteiger partial charge in [-0.25, -0.2) is 9.79 Å². The molecule has 8 nitrogen and oxygen atoms in total. The summed E-state index contributed by atoms with van der Waals surface area (Å²) in [5.74, 6) is -0.0911. The lowest BCUT2D eigenvalue weighted by atomic mass is 9.95. The largest absolute Gasteiger partial charge is 0.491 e. The summed E-state index contributed by atoms with van der Waals surface area (Å²) < 4.78 is 18.6. The van der Waals surface area contributed by atoms with Crippen molar-refractivity contribution in [1.29, 1.82) is 0 Å². The summed E-state index contributed by atoms with van der Waals surface area (Å²) in [6, 6.07) is 13.5.